The van der Waals surface area contributed by atoms with E-state index in [1.165, 1.54) is 23.1 Å². The van der Waals surface area contributed by atoms with Crippen LogP contribution in [0.3, 0.4) is 0 Å². The number of hydrogen-bond donors (Lipinski definition) is 2. The van der Waals surface area contributed by atoms with E-state index in [-0.39, 0.29) is 17.6 Å². The monoisotopic (exact) mass is 478 g/mol. The number of carbonyl (C=O) groups is 2. The molecular weight excluding hydrogens is 464 g/mol. The van der Waals surface area contributed by atoms with E-state index in [2.05, 4.69) is 36.8 Å². The molecule has 0 saturated heterocycles. The zero-order valence-corrected chi connectivity index (χ0v) is 17.9. The average Bonchev–Trinajstić information content (AvgIpc) is 3.15. The Morgan fingerprint density at radius 1 is 1.07 bits per heavy atom. The van der Waals surface area contributed by atoms with Crippen molar-refractivity contribution >= 4 is 61.7 Å². The van der Waals surface area contributed by atoms with Gasteiger partial charge in [-0.15, -0.1) is 10.2 Å². The lowest BCUT2D eigenvalue weighted by molar-refractivity contribution is -0.113. The van der Waals surface area contributed by atoms with Gasteiger partial charge in [-0.25, -0.2) is 0 Å². The van der Waals surface area contributed by atoms with Crippen LogP contribution in [0.2, 0.25) is 0 Å². The van der Waals surface area contributed by atoms with Gasteiger partial charge < -0.3 is 10.1 Å². The molecule has 144 valence electrons. The third kappa shape index (κ3) is 5.78. The number of methoxy groups -OCH3 is 1. The molecule has 2 aromatic carbocycles. The van der Waals surface area contributed by atoms with Crippen LogP contribution in [0.25, 0.3) is 0 Å². The summed E-state index contributed by atoms with van der Waals surface area (Å²) in [5, 5.41) is 13.8. The highest BCUT2D eigenvalue weighted by Gasteiger charge is 2.12. The average molecular weight is 479 g/mol. The third-order valence-corrected chi connectivity index (χ3v) is 5.93. The number of halogens is 1. The first kappa shape index (κ1) is 20.3. The number of amides is 2. The second-order valence-electron chi connectivity index (χ2n) is 5.40. The minimum atomic E-state index is -0.289. The highest BCUT2D eigenvalue weighted by atomic mass is 79.9. The molecule has 0 saturated carbocycles. The van der Waals surface area contributed by atoms with Crippen molar-refractivity contribution in [1.82, 2.24) is 10.2 Å². The van der Waals surface area contributed by atoms with Gasteiger partial charge in [-0.05, 0) is 48.5 Å². The van der Waals surface area contributed by atoms with Crippen LogP contribution < -0.4 is 15.4 Å². The van der Waals surface area contributed by atoms with E-state index in [1.54, 1.807) is 31.4 Å². The second kappa shape index (κ2) is 9.67. The van der Waals surface area contributed by atoms with Crippen molar-refractivity contribution in [1.29, 1.82) is 0 Å². The van der Waals surface area contributed by atoms with Crippen LogP contribution in [-0.4, -0.2) is 34.9 Å². The van der Waals surface area contributed by atoms with E-state index in [1.807, 2.05) is 24.3 Å². The molecule has 0 unspecified atom stereocenters. The maximum atomic E-state index is 12.2. The molecule has 2 N–H and O–H groups in total. The lowest BCUT2D eigenvalue weighted by Crippen LogP contribution is -2.13. The van der Waals surface area contributed by atoms with Gasteiger partial charge in [0.1, 0.15) is 5.75 Å². The smallest absolute Gasteiger partial charge is 0.257 e. The molecule has 3 aromatic rings. The van der Waals surface area contributed by atoms with E-state index in [4.69, 9.17) is 4.74 Å². The molecule has 28 heavy (non-hydrogen) atoms. The lowest BCUT2D eigenvalue weighted by Gasteiger charge is -2.04. The summed E-state index contributed by atoms with van der Waals surface area (Å²) in [6, 6.07) is 14.1. The summed E-state index contributed by atoms with van der Waals surface area (Å²) in [5.41, 5.74) is 1.21. The molecule has 0 radical (unpaired) electrons. The molecule has 7 nitrogen and oxygen atoms in total. The number of benzene rings is 2. The highest BCUT2D eigenvalue weighted by Crippen LogP contribution is 2.26. The second-order valence-corrected chi connectivity index (χ2v) is 8.52. The van der Waals surface area contributed by atoms with E-state index < -0.39 is 0 Å². The molecule has 2 amide bonds. The lowest BCUT2D eigenvalue weighted by atomic mass is 10.2. The quantitative estimate of drug-likeness (QED) is 0.388. The zero-order chi connectivity index (χ0) is 19.9. The number of carbonyl (C=O) groups excluding carboxylic acids is 2. The number of aromatic nitrogens is 2. The van der Waals surface area contributed by atoms with Crippen LogP contribution in [0.5, 0.6) is 5.75 Å². The van der Waals surface area contributed by atoms with Crippen LogP contribution >= 0.6 is 39.0 Å². The molecule has 0 atom stereocenters. The molecule has 0 aliphatic rings. The van der Waals surface area contributed by atoms with E-state index in [0.717, 1.165) is 10.2 Å². The van der Waals surface area contributed by atoms with Crippen LogP contribution in [0.1, 0.15) is 10.4 Å². The SMILES string of the molecule is COc1ccc(C(=O)Nc2nnc(SCC(=O)Nc3ccc(Br)cc3)s2)cc1. The summed E-state index contributed by atoms with van der Waals surface area (Å²) >= 11 is 5.81. The molecule has 0 bridgehead atoms. The van der Waals surface area contributed by atoms with E-state index >= 15 is 0 Å². The van der Waals surface area contributed by atoms with Crippen LogP contribution in [-0.2, 0) is 4.79 Å². The minimum absolute atomic E-state index is 0.147. The summed E-state index contributed by atoms with van der Waals surface area (Å²) in [4.78, 5) is 24.3. The number of thioether (sulfide) groups is 1. The van der Waals surface area contributed by atoms with Gasteiger partial charge in [0.25, 0.3) is 5.91 Å². The van der Waals surface area contributed by atoms with Gasteiger partial charge in [-0.3, -0.25) is 14.9 Å². The predicted octanol–water partition coefficient (Wildman–Crippen LogP) is 4.29. The van der Waals surface area contributed by atoms with Crippen molar-refractivity contribution in [2.75, 3.05) is 23.5 Å². The number of hydrogen-bond acceptors (Lipinski definition) is 7. The molecule has 1 heterocycles. The number of rotatable bonds is 7. The Hall–Kier alpha value is -2.43. The largest absolute Gasteiger partial charge is 0.497 e. The Balaban J connectivity index is 1.49. The van der Waals surface area contributed by atoms with Crippen molar-refractivity contribution in [3.05, 3.63) is 58.6 Å². The number of nitrogens with one attached hydrogen (secondary N) is 2. The molecule has 0 fully saturated rings. The molecular formula is C18H15BrN4O3S2. The summed E-state index contributed by atoms with van der Waals surface area (Å²) in [7, 11) is 1.56. The Labute approximate surface area is 178 Å². The van der Waals surface area contributed by atoms with Gasteiger partial charge in [-0.2, -0.15) is 0 Å². The first-order valence-corrected chi connectivity index (χ1v) is 10.6. The minimum Gasteiger partial charge on any atom is -0.497 e. The summed E-state index contributed by atoms with van der Waals surface area (Å²) < 4.78 is 6.61. The van der Waals surface area contributed by atoms with Crippen LogP contribution in [0.15, 0.2) is 57.3 Å². The maximum Gasteiger partial charge on any atom is 0.257 e. The van der Waals surface area contributed by atoms with Crippen molar-refractivity contribution < 1.29 is 14.3 Å². The van der Waals surface area contributed by atoms with Gasteiger partial charge in [0.2, 0.25) is 11.0 Å². The van der Waals surface area contributed by atoms with Gasteiger partial charge in [-0.1, -0.05) is 39.0 Å². The number of ether oxygens (including phenoxy) is 1. The van der Waals surface area contributed by atoms with E-state index in [0.29, 0.717) is 20.8 Å². The standard InChI is InChI=1S/C18H15BrN4O3S2/c1-26-14-8-2-11(3-9-14)16(25)21-17-22-23-18(28-17)27-10-15(24)20-13-6-4-12(19)5-7-13/h2-9H,10H2,1H3,(H,20,24)(H,21,22,25). The molecule has 3 rings (SSSR count). The normalized spacial score (nSPS) is 10.4. The maximum absolute atomic E-state index is 12.2. The Morgan fingerprint density at radius 3 is 2.46 bits per heavy atom. The summed E-state index contributed by atoms with van der Waals surface area (Å²) in [5.74, 6) is 0.430. The van der Waals surface area contributed by atoms with Crippen molar-refractivity contribution in [2.24, 2.45) is 0 Å². The summed E-state index contributed by atoms with van der Waals surface area (Å²) in [6.45, 7) is 0. The Morgan fingerprint density at radius 2 is 1.79 bits per heavy atom. The fourth-order valence-corrected chi connectivity index (χ4v) is 3.90. The van der Waals surface area contributed by atoms with Crippen molar-refractivity contribution in [3.63, 3.8) is 0 Å². The Bertz CT molecular complexity index is 962. The van der Waals surface area contributed by atoms with Crippen molar-refractivity contribution in [2.45, 2.75) is 4.34 Å². The predicted molar refractivity (Wildman–Crippen MR) is 114 cm³/mol. The first-order chi connectivity index (χ1) is 13.5. The first-order valence-electron chi connectivity index (χ1n) is 8.00. The topological polar surface area (TPSA) is 93.2 Å². The zero-order valence-electron chi connectivity index (χ0n) is 14.6. The van der Waals surface area contributed by atoms with Crippen LogP contribution in [0.4, 0.5) is 10.8 Å². The third-order valence-electron chi connectivity index (χ3n) is 3.43. The number of nitrogens with zero attached hydrogens (tertiary/aromatic N) is 2. The molecule has 0 spiro atoms. The Kier molecular flexibility index (Phi) is 7.01. The fraction of sp³-hybridized carbons (Fsp3) is 0.111. The molecule has 1 aromatic heterocycles. The van der Waals surface area contributed by atoms with Gasteiger partial charge in [0, 0.05) is 15.7 Å². The molecule has 10 heteroatoms. The fourth-order valence-electron chi connectivity index (χ4n) is 2.09. The van der Waals surface area contributed by atoms with E-state index in [9.17, 15) is 9.59 Å². The summed E-state index contributed by atoms with van der Waals surface area (Å²) in [6.07, 6.45) is 0. The van der Waals surface area contributed by atoms with Crippen molar-refractivity contribution in [3.8, 4) is 5.75 Å². The molecule has 0 aliphatic carbocycles. The van der Waals surface area contributed by atoms with Gasteiger partial charge >= 0.3 is 0 Å². The van der Waals surface area contributed by atoms with Crippen LogP contribution in [0, 0.1) is 0 Å². The van der Waals surface area contributed by atoms with Gasteiger partial charge in [0.05, 0.1) is 12.9 Å². The highest BCUT2D eigenvalue weighted by molar-refractivity contribution is 9.10. The molecule has 0 aliphatic heterocycles. The van der Waals surface area contributed by atoms with Gasteiger partial charge in [0.15, 0.2) is 4.34 Å². The number of anilines is 2.